The summed E-state index contributed by atoms with van der Waals surface area (Å²) in [6.45, 7) is 9.45. The first-order valence-corrected chi connectivity index (χ1v) is 9.61. The molecular formula is C21H23N3O5. The second kappa shape index (κ2) is 7.02. The van der Waals surface area contributed by atoms with Gasteiger partial charge in [0.25, 0.3) is 0 Å². The van der Waals surface area contributed by atoms with Crippen LogP contribution >= 0.6 is 0 Å². The minimum absolute atomic E-state index is 0.0527. The highest BCUT2D eigenvalue weighted by atomic mass is 16.6. The molecule has 8 heteroatoms. The van der Waals surface area contributed by atoms with E-state index >= 15 is 0 Å². The van der Waals surface area contributed by atoms with Crippen molar-refractivity contribution in [2.24, 2.45) is 0 Å². The van der Waals surface area contributed by atoms with E-state index in [1.54, 1.807) is 23.9 Å². The lowest BCUT2D eigenvalue weighted by Crippen LogP contribution is -2.23. The lowest BCUT2D eigenvalue weighted by Gasteiger charge is -2.12. The van der Waals surface area contributed by atoms with E-state index in [1.807, 2.05) is 33.8 Å². The van der Waals surface area contributed by atoms with E-state index in [0.29, 0.717) is 34.5 Å². The Morgan fingerprint density at radius 2 is 2.07 bits per heavy atom. The fourth-order valence-electron chi connectivity index (χ4n) is 3.60. The van der Waals surface area contributed by atoms with Gasteiger partial charge >= 0.3 is 11.9 Å². The highest BCUT2D eigenvalue weighted by Gasteiger charge is 2.36. The van der Waals surface area contributed by atoms with Gasteiger partial charge in [-0.2, -0.15) is 5.10 Å². The van der Waals surface area contributed by atoms with Crippen LogP contribution < -0.4 is 0 Å². The van der Waals surface area contributed by atoms with Gasteiger partial charge in [0, 0.05) is 18.0 Å². The molecule has 29 heavy (non-hydrogen) atoms. The van der Waals surface area contributed by atoms with Crippen LogP contribution in [0, 0.1) is 13.8 Å². The number of carbonyl (C=O) groups is 2. The number of hydrogen-bond donors (Lipinski definition) is 0. The van der Waals surface area contributed by atoms with Crippen molar-refractivity contribution in [3.05, 3.63) is 35.4 Å². The number of esters is 2. The summed E-state index contributed by atoms with van der Waals surface area (Å²) >= 11 is 0. The Labute approximate surface area is 167 Å². The van der Waals surface area contributed by atoms with Crippen molar-refractivity contribution < 1.29 is 23.5 Å². The van der Waals surface area contributed by atoms with E-state index < -0.39 is 18.0 Å². The van der Waals surface area contributed by atoms with Gasteiger partial charge in [0.05, 0.1) is 22.8 Å². The quantitative estimate of drug-likeness (QED) is 0.619. The maximum atomic E-state index is 13.0. The number of hydrogen-bond acceptors (Lipinski definition) is 7. The molecule has 0 aromatic carbocycles. The highest BCUT2D eigenvalue weighted by molar-refractivity contribution is 6.04. The number of pyridine rings is 1. The van der Waals surface area contributed by atoms with Crippen LogP contribution in [0.25, 0.3) is 22.3 Å². The van der Waals surface area contributed by atoms with Crippen LogP contribution in [0.1, 0.15) is 55.1 Å². The molecule has 0 N–H and O–H groups in total. The molecule has 1 aliphatic heterocycles. The van der Waals surface area contributed by atoms with Gasteiger partial charge in [0.15, 0.2) is 5.65 Å². The Kier molecular flexibility index (Phi) is 4.64. The number of cyclic esters (lactones) is 1. The van der Waals surface area contributed by atoms with Crippen LogP contribution in [0.3, 0.4) is 0 Å². The number of ether oxygens (including phenoxy) is 2. The van der Waals surface area contributed by atoms with E-state index in [1.165, 1.54) is 0 Å². The molecule has 0 aliphatic carbocycles. The molecule has 1 aliphatic rings. The highest BCUT2D eigenvalue weighted by Crippen LogP contribution is 2.31. The van der Waals surface area contributed by atoms with Crippen LogP contribution in [-0.4, -0.2) is 38.9 Å². The normalized spacial score (nSPS) is 19.2. The third-order valence-electron chi connectivity index (χ3n) is 4.97. The van der Waals surface area contributed by atoms with Gasteiger partial charge in [-0.3, -0.25) is 0 Å². The van der Waals surface area contributed by atoms with Crippen LogP contribution in [-0.2, 0) is 14.3 Å². The van der Waals surface area contributed by atoms with E-state index in [9.17, 15) is 9.59 Å². The number of rotatable bonds is 4. The molecule has 0 bridgehead atoms. The molecule has 4 rings (SSSR count). The second-order valence-electron chi connectivity index (χ2n) is 7.68. The lowest BCUT2D eigenvalue weighted by molar-refractivity contribution is -0.147. The van der Waals surface area contributed by atoms with Crippen LogP contribution in [0.5, 0.6) is 0 Å². The summed E-state index contributed by atoms with van der Waals surface area (Å²) in [6.07, 6.45) is 0.777. The predicted octanol–water partition coefficient (Wildman–Crippen LogP) is 3.75. The Balaban J connectivity index is 1.82. The smallest absolute Gasteiger partial charge is 0.347 e. The molecule has 4 heterocycles. The molecule has 2 atom stereocenters. The molecule has 152 valence electrons. The second-order valence-corrected chi connectivity index (χ2v) is 7.68. The topological polar surface area (TPSA) is 96.5 Å². The predicted molar refractivity (Wildman–Crippen MR) is 104 cm³/mol. The summed E-state index contributed by atoms with van der Waals surface area (Å²) in [7, 11) is 0. The van der Waals surface area contributed by atoms with Crippen molar-refractivity contribution in [3.63, 3.8) is 0 Å². The summed E-state index contributed by atoms with van der Waals surface area (Å²) in [6, 6.07) is 3.60. The van der Waals surface area contributed by atoms with E-state index in [0.717, 1.165) is 11.3 Å². The zero-order valence-corrected chi connectivity index (χ0v) is 17.1. The SMILES string of the molecule is Cc1cc(-c2cc(C(=O)O[C@H]3C[C@H](C)OC3=O)c3cnn(C(C)C)c3n2)c(C)o1. The van der Waals surface area contributed by atoms with Gasteiger partial charge in [0.1, 0.15) is 17.6 Å². The lowest BCUT2D eigenvalue weighted by atomic mass is 10.1. The van der Waals surface area contributed by atoms with Crippen molar-refractivity contribution in [1.29, 1.82) is 0 Å². The Bertz CT molecular complexity index is 1110. The zero-order chi connectivity index (χ0) is 20.9. The van der Waals surface area contributed by atoms with E-state index in [4.69, 9.17) is 18.9 Å². The molecule has 0 unspecified atom stereocenters. The number of furan rings is 1. The summed E-state index contributed by atoms with van der Waals surface area (Å²) in [4.78, 5) is 29.6. The average Bonchev–Trinajstić information content (AvgIpc) is 3.30. The van der Waals surface area contributed by atoms with Crippen molar-refractivity contribution >= 4 is 23.0 Å². The van der Waals surface area contributed by atoms with Gasteiger partial charge in [0.2, 0.25) is 6.10 Å². The van der Waals surface area contributed by atoms with Gasteiger partial charge in [-0.25, -0.2) is 19.3 Å². The van der Waals surface area contributed by atoms with Gasteiger partial charge in [-0.1, -0.05) is 0 Å². The van der Waals surface area contributed by atoms with Crippen LogP contribution in [0.15, 0.2) is 22.7 Å². The average molecular weight is 397 g/mol. The molecule has 1 saturated heterocycles. The van der Waals surface area contributed by atoms with Crippen molar-refractivity contribution in [2.45, 2.75) is 59.3 Å². The first kappa shape index (κ1) is 19.2. The minimum atomic E-state index is -0.901. The van der Waals surface area contributed by atoms with Gasteiger partial charge in [-0.15, -0.1) is 0 Å². The van der Waals surface area contributed by atoms with Crippen molar-refractivity contribution in [1.82, 2.24) is 14.8 Å². The third-order valence-corrected chi connectivity index (χ3v) is 4.97. The third kappa shape index (κ3) is 3.39. The van der Waals surface area contributed by atoms with Crippen molar-refractivity contribution in [3.8, 4) is 11.3 Å². The number of fused-ring (bicyclic) bond motifs is 1. The molecule has 0 saturated carbocycles. The monoisotopic (exact) mass is 397 g/mol. The molecule has 0 spiro atoms. The van der Waals surface area contributed by atoms with Crippen molar-refractivity contribution in [2.75, 3.05) is 0 Å². The fraction of sp³-hybridized carbons (Fsp3) is 0.429. The number of aromatic nitrogens is 3. The van der Waals surface area contributed by atoms with Gasteiger partial charge in [-0.05, 0) is 46.8 Å². The molecule has 1 fully saturated rings. The standard InChI is InChI=1S/C21H23N3O5/c1-10(2)24-19-16(9-22-24)15(20(25)29-18-7-12(4)28-21(18)26)8-17(23-19)14-6-11(3)27-13(14)5/h6,8-10,12,18H,7H2,1-5H3/t12-,18-/m0/s1. The first-order chi connectivity index (χ1) is 13.7. The molecule has 0 radical (unpaired) electrons. The zero-order valence-electron chi connectivity index (χ0n) is 17.1. The molecule has 3 aromatic rings. The Morgan fingerprint density at radius 3 is 2.66 bits per heavy atom. The number of carbonyl (C=O) groups excluding carboxylic acids is 2. The number of aryl methyl sites for hydroxylation is 2. The summed E-state index contributed by atoms with van der Waals surface area (Å²) in [5.74, 6) is 0.340. The molecule has 3 aromatic heterocycles. The number of nitrogens with zero attached hydrogens (tertiary/aromatic N) is 3. The summed E-state index contributed by atoms with van der Waals surface area (Å²) < 4.78 is 18.0. The largest absolute Gasteiger partial charge is 0.466 e. The molecule has 8 nitrogen and oxygen atoms in total. The molecule has 0 amide bonds. The molecular weight excluding hydrogens is 374 g/mol. The fourth-order valence-corrected chi connectivity index (χ4v) is 3.60. The van der Waals surface area contributed by atoms with Gasteiger partial charge < -0.3 is 13.9 Å². The minimum Gasteiger partial charge on any atom is -0.466 e. The Hall–Kier alpha value is -3.16. The van der Waals surface area contributed by atoms with E-state index in [2.05, 4.69) is 5.10 Å². The maximum Gasteiger partial charge on any atom is 0.347 e. The van der Waals surface area contributed by atoms with Crippen LogP contribution in [0.4, 0.5) is 0 Å². The summed E-state index contributed by atoms with van der Waals surface area (Å²) in [5.41, 5.74) is 2.26. The van der Waals surface area contributed by atoms with Crippen LogP contribution in [0.2, 0.25) is 0 Å². The van der Waals surface area contributed by atoms with E-state index in [-0.39, 0.29) is 12.1 Å². The summed E-state index contributed by atoms with van der Waals surface area (Å²) in [5, 5.41) is 4.96. The maximum absolute atomic E-state index is 13.0. The first-order valence-electron chi connectivity index (χ1n) is 9.61. The Morgan fingerprint density at radius 1 is 1.31 bits per heavy atom.